The molecule has 0 spiro atoms. The fourth-order valence-corrected chi connectivity index (χ4v) is 2.01. The molecule has 16 heavy (non-hydrogen) atoms. The van der Waals surface area contributed by atoms with E-state index in [1.807, 2.05) is 12.1 Å². The van der Waals surface area contributed by atoms with E-state index < -0.39 is 11.4 Å². The number of ether oxygens (including phenoxy) is 1. The molecule has 0 saturated carbocycles. The Kier molecular flexibility index (Phi) is 2.73. The molecule has 1 saturated heterocycles. The lowest BCUT2D eigenvalue weighted by Gasteiger charge is -2.20. The summed E-state index contributed by atoms with van der Waals surface area (Å²) < 4.78 is 4.93. The van der Waals surface area contributed by atoms with Gasteiger partial charge >= 0.3 is 5.97 Å². The second-order valence-electron chi connectivity index (χ2n) is 4.06. The quantitative estimate of drug-likeness (QED) is 0.565. The van der Waals surface area contributed by atoms with Gasteiger partial charge in [0.05, 0.1) is 6.61 Å². The van der Waals surface area contributed by atoms with Gasteiger partial charge in [-0.05, 0) is 31.0 Å². The smallest absolute Gasteiger partial charge is 0.320 e. The summed E-state index contributed by atoms with van der Waals surface area (Å²) >= 11 is 0. The van der Waals surface area contributed by atoms with E-state index in [0.29, 0.717) is 19.4 Å². The van der Waals surface area contributed by atoms with Gasteiger partial charge in [-0.15, -0.1) is 0 Å². The second kappa shape index (κ2) is 4.04. The normalized spacial score (nSPS) is 24.2. The molecule has 1 aromatic heterocycles. The number of Topliss-reactive ketones (excluding diaryl/α,β-unsaturated/α-hetero) is 1. The molecular formula is C12H13NO3. The number of cyclic esters (lactones) is 1. The minimum atomic E-state index is -0.971. The molecule has 4 heteroatoms. The molecule has 4 nitrogen and oxygen atoms in total. The first-order valence-electron chi connectivity index (χ1n) is 5.22. The molecule has 2 rings (SSSR count). The standard InChI is InChI=1S/C12H13NO3/c1-9(14)12(4-7-16-11(12)15)8-10-2-5-13-6-3-10/h2-3,5-6H,4,7-8H2,1H3. The molecule has 1 aliphatic heterocycles. The lowest BCUT2D eigenvalue weighted by atomic mass is 9.77. The second-order valence-corrected chi connectivity index (χ2v) is 4.06. The molecule has 1 atom stereocenters. The van der Waals surface area contributed by atoms with Crippen LogP contribution >= 0.6 is 0 Å². The van der Waals surface area contributed by atoms with Gasteiger partial charge in [-0.25, -0.2) is 0 Å². The summed E-state index contributed by atoms with van der Waals surface area (Å²) in [5.74, 6) is -0.511. The molecule has 0 aromatic carbocycles. The fourth-order valence-electron chi connectivity index (χ4n) is 2.01. The van der Waals surface area contributed by atoms with Crippen LogP contribution in [0, 0.1) is 5.41 Å². The Balaban J connectivity index is 2.29. The predicted molar refractivity (Wildman–Crippen MR) is 56.6 cm³/mol. The van der Waals surface area contributed by atoms with E-state index in [1.165, 1.54) is 6.92 Å². The van der Waals surface area contributed by atoms with Gasteiger partial charge in [0.15, 0.2) is 0 Å². The van der Waals surface area contributed by atoms with Crippen LogP contribution in [0.15, 0.2) is 24.5 Å². The molecule has 0 radical (unpaired) electrons. The first kappa shape index (κ1) is 10.8. The molecule has 0 N–H and O–H groups in total. The number of carbonyl (C=O) groups excluding carboxylic acids is 2. The maximum Gasteiger partial charge on any atom is 0.320 e. The molecule has 0 aliphatic carbocycles. The third-order valence-corrected chi connectivity index (χ3v) is 3.08. The predicted octanol–water partition coefficient (Wildman–Crippen LogP) is 1.15. The summed E-state index contributed by atoms with van der Waals surface area (Å²) in [5.41, 5.74) is -0.0366. The van der Waals surface area contributed by atoms with Crippen LogP contribution < -0.4 is 0 Å². The highest BCUT2D eigenvalue weighted by Crippen LogP contribution is 2.34. The van der Waals surface area contributed by atoms with Crippen LogP contribution in [0.1, 0.15) is 18.9 Å². The SMILES string of the molecule is CC(=O)C1(Cc2ccncc2)CCOC1=O. The average molecular weight is 219 g/mol. The van der Waals surface area contributed by atoms with Gasteiger partial charge in [0.1, 0.15) is 11.2 Å². The van der Waals surface area contributed by atoms with Gasteiger partial charge in [-0.2, -0.15) is 0 Å². The van der Waals surface area contributed by atoms with Crippen LogP contribution in [0.3, 0.4) is 0 Å². The fraction of sp³-hybridized carbons (Fsp3) is 0.417. The molecule has 0 bridgehead atoms. The van der Waals surface area contributed by atoms with Crippen molar-refractivity contribution in [2.45, 2.75) is 19.8 Å². The number of nitrogens with zero attached hydrogens (tertiary/aromatic N) is 1. The largest absolute Gasteiger partial charge is 0.465 e. The lowest BCUT2D eigenvalue weighted by Crippen LogP contribution is -2.36. The minimum Gasteiger partial charge on any atom is -0.465 e. The van der Waals surface area contributed by atoms with Crippen molar-refractivity contribution < 1.29 is 14.3 Å². The number of pyridine rings is 1. The summed E-state index contributed by atoms with van der Waals surface area (Å²) in [7, 11) is 0. The van der Waals surface area contributed by atoms with Crippen molar-refractivity contribution >= 4 is 11.8 Å². The summed E-state index contributed by atoms with van der Waals surface area (Å²) in [6, 6.07) is 3.63. The molecule has 1 aliphatic rings. The Labute approximate surface area is 93.6 Å². The van der Waals surface area contributed by atoms with Gasteiger partial charge in [0.25, 0.3) is 0 Å². The van der Waals surface area contributed by atoms with Gasteiger partial charge in [-0.1, -0.05) is 0 Å². The summed E-state index contributed by atoms with van der Waals surface area (Å²) in [4.78, 5) is 27.3. The highest BCUT2D eigenvalue weighted by Gasteiger charge is 2.48. The lowest BCUT2D eigenvalue weighted by molar-refractivity contribution is -0.150. The number of aromatic nitrogens is 1. The number of esters is 1. The van der Waals surface area contributed by atoms with Crippen molar-refractivity contribution in [2.75, 3.05) is 6.61 Å². The molecule has 1 unspecified atom stereocenters. The van der Waals surface area contributed by atoms with Gasteiger partial charge < -0.3 is 4.74 Å². The third-order valence-electron chi connectivity index (χ3n) is 3.08. The number of hydrogen-bond acceptors (Lipinski definition) is 4. The minimum absolute atomic E-state index is 0.119. The highest BCUT2D eigenvalue weighted by molar-refractivity contribution is 6.04. The topological polar surface area (TPSA) is 56.3 Å². The first-order chi connectivity index (χ1) is 7.65. The summed E-state index contributed by atoms with van der Waals surface area (Å²) in [5, 5.41) is 0. The number of hydrogen-bond donors (Lipinski definition) is 0. The van der Waals surface area contributed by atoms with E-state index in [4.69, 9.17) is 4.74 Å². The zero-order chi connectivity index (χ0) is 11.6. The van der Waals surface area contributed by atoms with Crippen LogP contribution in [-0.4, -0.2) is 23.3 Å². The van der Waals surface area contributed by atoms with E-state index in [-0.39, 0.29) is 5.78 Å². The Hall–Kier alpha value is -1.71. The Morgan fingerprint density at radius 3 is 2.69 bits per heavy atom. The summed E-state index contributed by atoms with van der Waals surface area (Å²) in [6.45, 7) is 1.79. The number of rotatable bonds is 3. The van der Waals surface area contributed by atoms with Crippen molar-refractivity contribution in [3.8, 4) is 0 Å². The molecule has 1 aromatic rings. The number of ketones is 1. The Morgan fingerprint density at radius 1 is 1.50 bits per heavy atom. The van der Waals surface area contributed by atoms with Crippen LogP contribution in [0.4, 0.5) is 0 Å². The van der Waals surface area contributed by atoms with Gasteiger partial charge in [0, 0.05) is 18.8 Å². The number of carbonyl (C=O) groups is 2. The van der Waals surface area contributed by atoms with Gasteiger partial charge in [0.2, 0.25) is 0 Å². The van der Waals surface area contributed by atoms with E-state index in [2.05, 4.69) is 4.98 Å². The zero-order valence-corrected chi connectivity index (χ0v) is 9.10. The van der Waals surface area contributed by atoms with Crippen LogP contribution in [0.25, 0.3) is 0 Å². The van der Waals surface area contributed by atoms with Crippen molar-refractivity contribution in [2.24, 2.45) is 5.41 Å². The van der Waals surface area contributed by atoms with E-state index in [9.17, 15) is 9.59 Å². The van der Waals surface area contributed by atoms with E-state index >= 15 is 0 Å². The first-order valence-corrected chi connectivity index (χ1v) is 5.22. The Bertz CT molecular complexity index is 416. The molecule has 84 valence electrons. The molecule has 0 amide bonds. The van der Waals surface area contributed by atoms with Crippen molar-refractivity contribution in [3.63, 3.8) is 0 Å². The van der Waals surface area contributed by atoms with Crippen molar-refractivity contribution in [3.05, 3.63) is 30.1 Å². The summed E-state index contributed by atoms with van der Waals surface area (Å²) in [6.07, 6.45) is 4.19. The maximum atomic E-state index is 11.7. The zero-order valence-electron chi connectivity index (χ0n) is 9.10. The van der Waals surface area contributed by atoms with Gasteiger partial charge in [-0.3, -0.25) is 14.6 Å². The molecule has 2 heterocycles. The monoisotopic (exact) mass is 219 g/mol. The Morgan fingerprint density at radius 2 is 2.19 bits per heavy atom. The van der Waals surface area contributed by atoms with Crippen LogP contribution in [0.5, 0.6) is 0 Å². The van der Waals surface area contributed by atoms with E-state index in [1.54, 1.807) is 12.4 Å². The molecule has 1 fully saturated rings. The van der Waals surface area contributed by atoms with Crippen molar-refractivity contribution in [1.82, 2.24) is 4.98 Å². The van der Waals surface area contributed by atoms with E-state index in [0.717, 1.165) is 5.56 Å². The average Bonchev–Trinajstić information content (AvgIpc) is 2.63. The van der Waals surface area contributed by atoms with Crippen molar-refractivity contribution in [1.29, 1.82) is 0 Å². The van der Waals surface area contributed by atoms with Crippen LogP contribution in [0.2, 0.25) is 0 Å². The van der Waals surface area contributed by atoms with Crippen LogP contribution in [-0.2, 0) is 20.7 Å². The maximum absolute atomic E-state index is 11.7. The highest BCUT2D eigenvalue weighted by atomic mass is 16.5. The third kappa shape index (κ3) is 1.71. The molecular weight excluding hydrogens is 206 g/mol.